The van der Waals surface area contributed by atoms with Crippen molar-refractivity contribution >= 4 is 32.7 Å². The van der Waals surface area contributed by atoms with E-state index in [0.717, 1.165) is 33.6 Å². The highest BCUT2D eigenvalue weighted by molar-refractivity contribution is 7.89. The number of rotatable bonds is 8. The van der Waals surface area contributed by atoms with Crippen LogP contribution in [0.5, 0.6) is 5.75 Å². The van der Waals surface area contributed by atoms with E-state index < -0.39 is 15.6 Å². The highest BCUT2D eigenvalue weighted by Gasteiger charge is 2.24. The molecule has 0 unspecified atom stereocenters. The molecule has 1 heterocycles. The molecule has 1 aromatic heterocycles. The van der Waals surface area contributed by atoms with Crippen LogP contribution in [-0.4, -0.2) is 23.5 Å². The number of fused-ring (bicyclic) bond motifs is 1. The fourth-order valence-corrected chi connectivity index (χ4v) is 7.64. The maximum Gasteiger partial charge on any atom is 0.241 e. The quantitative estimate of drug-likeness (QED) is 0.186. The molecule has 5 aromatic rings. The summed E-state index contributed by atoms with van der Waals surface area (Å²) >= 11 is 6.14. The van der Waals surface area contributed by atoms with Gasteiger partial charge in [0.05, 0.1) is 15.9 Å². The van der Waals surface area contributed by atoms with E-state index in [-0.39, 0.29) is 11.5 Å². The van der Waals surface area contributed by atoms with Crippen LogP contribution in [0, 0.1) is 0 Å². The van der Waals surface area contributed by atoms with Crippen molar-refractivity contribution < 1.29 is 13.2 Å². The van der Waals surface area contributed by atoms with Crippen LogP contribution in [0.25, 0.3) is 33.5 Å². The Bertz CT molecular complexity index is 1870. The molecule has 44 heavy (non-hydrogen) atoms. The van der Waals surface area contributed by atoms with Gasteiger partial charge in [0.15, 0.2) is 0 Å². The summed E-state index contributed by atoms with van der Waals surface area (Å²) in [7, 11) is -3.73. The molecule has 0 atom stereocenters. The first-order valence-corrected chi connectivity index (χ1v) is 17.1. The molecule has 8 heteroatoms. The van der Waals surface area contributed by atoms with Crippen molar-refractivity contribution in [2.45, 2.75) is 76.0 Å². The zero-order valence-electron chi connectivity index (χ0n) is 25.4. The predicted octanol–water partition coefficient (Wildman–Crippen LogP) is 9.18. The fourth-order valence-electron chi connectivity index (χ4n) is 6.05. The van der Waals surface area contributed by atoms with Crippen molar-refractivity contribution in [3.63, 3.8) is 0 Å². The summed E-state index contributed by atoms with van der Waals surface area (Å²) in [5.41, 5.74) is 5.20. The number of nitrogens with zero attached hydrogens (tertiary/aromatic N) is 2. The molecule has 0 bridgehead atoms. The smallest absolute Gasteiger partial charge is 0.241 e. The molecule has 4 aromatic carbocycles. The Kier molecular flexibility index (Phi) is 8.55. The van der Waals surface area contributed by atoms with Crippen LogP contribution in [0.2, 0.25) is 5.02 Å². The molecule has 0 amide bonds. The normalized spacial score (nSPS) is 14.6. The van der Waals surface area contributed by atoms with Crippen LogP contribution in [0.3, 0.4) is 0 Å². The summed E-state index contributed by atoms with van der Waals surface area (Å²) in [6.07, 6.45) is 6.13. The lowest BCUT2D eigenvalue weighted by molar-refractivity contribution is 0.306. The molecule has 1 N–H and O–H groups in total. The largest absolute Gasteiger partial charge is 0.489 e. The third kappa shape index (κ3) is 6.70. The van der Waals surface area contributed by atoms with E-state index in [9.17, 15) is 8.42 Å². The maximum absolute atomic E-state index is 13.2. The van der Waals surface area contributed by atoms with Gasteiger partial charge in [-0.1, -0.05) is 61.2 Å². The fraction of sp³-hybridized carbons (Fsp3) is 0.306. The van der Waals surface area contributed by atoms with E-state index in [1.165, 1.54) is 37.6 Å². The van der Waals surface area contributed by atoms with Crippen molar-refractivity contribution in [1.82, 2.24) is 14.3 Å². The van der Waals surface area contributed by atoms with Gasteiger partial charge in [-0.2, -0.15) is 0 Å². The topological polar surface area (TPSA) is 73.2 Å². The van der Waals surface area contributed by atoms with E-state index in [0.29, 0.717) is 16.8 Å². The SMILES string of the molecule is CC(C)(C)NS(=O)(=O)c1ccc(-c2ccc(Cl)cc2)c(COc2ccc(-c3nc4ccccc4n3C3CCCCC3)cc2)c1. The van der Waals surface area contributed by atoms with Crippen molar-refractivity contribution in [1.29, 1.82) is 0 Å². The standard InChI is InChI=1S/C36H38ClN3O3S/c1-36(2,3)39-44(41,42)31-21-22-32(25-13-17-28(37)18-14-25)27(23-31)24-43-30-19-15-26(16-20-30)35-38-33-11-7-8-12-34(33)40(35)29-9-5-4-6-10-29/h7-8,11-23,29,39H,4-6,9-10,24H2,1-3H3. The highest BCUT2D eigenvalue weighted by atomic mass is 35.5. The minimum atomic E-state index is -3.73. The van der Waals surface area contributed by atoms with Crippen LogP contribution in [0.1, 0.15) is 64.5 Å². The molecule has 1 fully saturated rings. The van der Waals surface area contributed by atoms with E-state index in [4.69, 9.17) is 21.3 Å². The molecular formula is C36H38ClN3O3S. The lowest BCUT2D eigenvalue weighted by Crippen LogP contribution is -2.40. The number of hydrogen-bond acceptors (Lipinski definition) is 4. The van der Waals surface area contributed by atoms with Crippen molar-refractivity contribution in [3.8, 4) is 28.3 Å². The molecule has 6 nitrogen and oxygen atoms in total. The predicted molar refractivity (Wildman–Crippen MR) is 179 cm³/mol. The lowest BCUT2D eigenvalue weighted by Gasteiger charge is -2.25. The molecule has 228 valence electrons. The van der Waals surface area contributed by atoms with Crippen LogP contribution in [0.15, 0.2) is 95.9 Å². The van der Waals surface area contributed by atoms with Crippen molar-refractivity contribution in [2.75, 3.05) is 0 Å². The Hall–Kier alpha value is -3.65. The molecule has 0 saturated heterocycles. The number of aromatic nitrogens is 2. The molecule has 6 rings (SSSR count). The average molecular weight is 628 g/mol. The summed E-state index contributed by atoms with van der Waals surface area (Å²) in [6.45, 7) is 5.66. The van der Waals surface area contributed by atoms with Gasteiger partial charge in [0.2, 0.25) is 10.0 Å². The second-order valence-electron chi connectivity index (χ2n) is 12.6. The Labute approximate surface area is 265 Å². The molecule has 1 saturated carbocycles. The van der Waals surface area contributed by atoms with E-state index in [1.807, 2.05) is 69.3 Å². The first kappa shape index (κ1) is 30.4. The number of sulfonamides is 1. The molecule has 0 spiro atoms. The highest BCUT2D eigenvalue weighted by Crippen LogP contribution is 2.36. The number of benzene rings is 4. The van der Waals surface area contributed by atoms with Gasteiger partial charge in [-0.15, -0.1) is 0 Å². The van der Waals surface area contributed by atoms with Gasteiger partial charge < -0.3 is 9.30 Å². The first-order chi connectivity index (χ1) is 21.1. The lowest BCUT2D eigenvalue weighted by atomic mass is 9.95. The van der Waals surface area contributed by atoms with Crippen molar-refractivity contribution in [3.05, 3.63) is 102 Å². The van der Waals surface area contributed by atoms with Crippen molar-refractivity contribution in [2.24, 2.45) is 0 Å². The summed E-state index contributed by atoms with van der Waals surface area (Å²) in [5, 5.41) is 0.636. The molecule has 0 aliphatic heterocycles. The summed E-state index contributed by atoms with van der Waals surface area (Å²) in [4.78, 5) is 5.24. The number of nitrogens with one attached hydrogen (secondary N) is 1. The number of ether oxygens (including phenoxy) is 1. The monoisotopic (exact) mass is 627 g/mol. The summed E-state index contributed by atoms with van der Waals surface area (Å²) < 4.78 is 37.8. The first-order valence-electron chi connectivity index (χ1n) is 15.2. The second kappa shape index (κ2) is 12.4. The van der Waals surface area contributed by atoms with Crippen LogP contribution in [0.4, 0.5) is 0 Å². The molecular weight excluding hydrogens is 590 g/mol. The Morgan fingerprint density at radius 2 is 1.57 bits per heavy atom. The van der Waals surface area contributed by atoms with E-state index in [2.05, 4.69) is 39.6 Å². The number of halogens is 1. The summed E-state index contributed by atoms with van der Waals surface area (Å²) in [6, 6.07) is 29.5. The zero-order valence-corrected chi connectivity index (χ0v) is 27.0. The minimum Gasteiger partial charge on any atom is -0.489 e. The maximum atomic E-state index is 13.2. The van der Waals surface area contributed by atoms with Gasteiger partial charge >= 0.3 is 0 Å². The van der Waals surface area contributed by atoms with Crippen LogP contribution in [-0.2, 0) is 16.6 Å². The zero-order chi connectivity index (χ0) is 30.9. The van der Waals surface area contributed by atoms with Gasteiger partial charge in [0.25, 0.3) is 0 Å². The van der Waals surface area contributed by atoms with Gasteiger partial charge in [0.1, 0.15) is 18.2 Å². The van der Waals surface area contributed by atoms with Gasteiger partial charge in [-0.3, -0.25) is 0 Å². The van der Waals surface area contributed by atoms with Gasteiger partial charge in [0, 0.05) is 22.2 Å². The van der Waals surface area contributed by atoms with E-state index >= 15 is 0 Å². The third-order valence-corrected chi connectivity index (χ3v) is 10.0. The third-order valence-electron chi connectivity index (χ3n) is 8.03. The second-order valence-corrected chi connectivity index (χ2v) is 14.7. The number of hydrogen-bond donors (Lipinski definition) is 1. The minimum absolute atomic E-state index is 0.191. The molecule has 0 radical (unpaired) electrons. The van der Waals surface area contributed by atoms with E-state index in [1.54, 1.807) is 12.1 Å². The van der Waals surface area contributed by atoms with Crippen LogP contribution >= 0.6 is 11.6 Å². The van der Waals surface area contributed by atoms with Gasteiger partial charge in [-0.25, -0.2) is 18.1 Å². The summed E-state index contributed by atoms with van der Waals surface area (Å²) in [5.74, 6) is 1.68. The Morgan fingerprint density at radius 3 is 2.27 bits per heavy atom. The van der Waals surface area contributed by atoms with Crippen LogP contribution < -0.4 is 9.46 Å². The Morgan fingerprint density at radius 1 is 0.886 bits per heavy atom. The molecule has 1 aliphatic rings. The number of para-hydroxylation sites is 2. The number of imidazole rings is 1. The average Bonchev–Trinajstić information content (AvgIpc) is 3.40. The molecule has 1 aliphatic carbocycles. The Balaban J connectivity index is 1.29. The van der Waals surface area contributed by atoms with Gasteiger partial charge in [-0.05, 0) is 111 Å².